The fraction of sp³-hybridized carbons (Fsp3) is 0.431. The van der Waals surface area contributed by atoms with Gasteiger partial charge in [0.15, 0.2) is 12.1 Å². The van der Waals surface area contributed by atoms with Gasteiger partial charge < -0.3 is 42.9 Å². The summed E-state index contributed by atoms with van der Waals surface area (Å²) in [6.45, 7) is 13.4. The molecule has 16 nitrogen and oxygen atoms in total. The van der Waals surface area contributed by atoms with Crippen molar-refractivity contribution >= 4 is 51.5 Å². The molecule has 368 valence electrons. The normalized spacial score (nSPS) is 16.9. The van der Waals surface area contributed by atoms with Crippen molar-refractivity contribution in [2.75, 3.05) is 44.3 Å². The summed E-state index contributed by atoms with van der Waals surface area (Å²) in [4.78, 5) is 80.5. The highest BCUT2D eigenvalue weighted by Gasteiger charge is 2.44. The molecule has 7 heterocycles. The van der Waals surface area contributed by atoms with Crippen LogP contribution in [0.15, 0.2) is 65.7 Å². The first-order chi connectivity index (χ1) is 33.5. The Balaban J connectivity index is 0.000000198. The fourth-order valence-corrected chi connectivity index (χ4v) is 10.4. The van der Waals surface area contributed by atoms with Crippen LogP contribution in [0.25, 0.3) is 11.1 Å². The number of esters is 2. The van der Waals surface area contributed by atoms with Gasteiger partial charge in [-0.15, -0.1) is 0 Å². The number of nitrogens with zero attached hydrogens (tertiary/aromatic N) is 8. The average molecular weight is 1030 g/mol. The number of benzene rings is 3. The number of aromatic nitrogens is 4. The molecular weight excluding hydrogens is 971 g/mol. The molecule has 5 aliphatic rings. The van der Waals surface area contributed by atoms with Crippen molar-refractivity contribution in [1.82, 2.24) is 33.8 Å². The minimum Gasteiger partial charge on any atom is -0.464 e. The number of hydrogen-bond donors (Lipinski definition) is 0. The molecule has 10 rings (SSSR count). The van der Waals surface area contributed by atoms with Gasteiger partial charge in [-0.05, 0) is 108 Å². The SMILES string of the molecule is CCOC(=O)[C@@H](c1ncn2c1CCC2)N1Cc2c(F)cc(-c3ccc(N4CCN(C(=O)OC(C)(C)C)CC4)cc3)cc2C1=O.CCOC(=O)[C@@H](c1ncn2c1CCC2)N1Cc2c(F)cc(Br)cc2C1=O. The Kier molecular flexibility index (Phi) is 13.6. The number of piperazine rings is 1. The molecule has 0 spiro atoms. The zero-order valence-electron chi connectivity index (χ0n) is 39.8. The third-order valence-corrected chi connectivity index (χ3v) is 13.7. The quantitative estimate of drug-likeness (QED) is 0.0987. The lowest BCUT2D eigenvalue weighted by Crippen LogP contribution is -2.50. The predicted molar refractivity (Wildman–Crippen MR) is 256 cm³/mol. The number of hydrogen-bond acceptors (Lipinski definition) is 11. The number of anilines is 1. The van der Waals surface area contributed by atoms with Gasteiger partial charge >= 0.3 is 18.0 Å². The van der Waals surface area contributed by atoms with Crippen LogP contribution in [0.1, 0.15) is 114 Å². The molecule has 0 unspecified atom stereocenters. The summed E-state index contributed by atoms with van der Waals surface area (Å²) < 4.78 is 50.4. The van der Waals surface area contributed by atoms with Crippen molar-refractivity contribution in [3.8, 4) is 11.1 Å². The molecule has 0 radical (unpaired) electrons. The maximum atomic E-state index is 15.6. The maximum absolute atomic E-state index is 15.6. The van der Waals surface area contributed by atoms with Crippen LogP contribution in [0.3, 0.4) is 0 Å². The van der Waals surface area contributed by atoms with E-state index in [1.807, 2.05) is 54.2 Å². The van der Waals surface area contributed by atoms with Crippen molar-refractivity contribution in [3.05, 3.63) is 122 Å². The van der Waals surface area contributed by atoms with Crippen molar-refractivity contribution in [2.24, 2.45) is 0 Å². The Bertz CT molecular complexity index is 2870. The second-order valence-corrected chi connectivity index (χ2v) is 19.7. The third kappa shape index (κ3) is 9.39. The van der Waals surface area contributed by atoms with Crippen LogP contribution in [0.4, 0.5) is 19.3 Å². The first-order valence-corrected chi connectivity index (χ1v) is 24.5. The molecule has 1 saturated heterocycles. The maximum Gasteiger partial charge on any atom is 0.410 e. The van der Waals surface area contributed by atoms with E-state index < -0.39 is 53.1 Å². The van der Waals surface area contributed by atoms with Crippen LogP contribution in [-0.4, -0.2) is 109 Å². The summed E-state index contributed by atoms with van der Waals surface area (Å²) in [5.74, 6) is -2.88. The second kappa shape index (κ2) is 19.6. The molecule has 19 heteroatoms. The van der Waals surface area contributed by atoms with E-state index in [4.69, 9.17) is 14.2 Å². The van der Waals surface area contributed by atoms with Crippen LogP contribution < -0.4 is 4.90 Å². The molecule has 0 aliphatic carbocycles. The largest absolute Gasteiger partial charge is 0.464 e. The smallest absolute Gasteiger partial charge is 0.410 e. The van der Waals surface area contributed by atoms with Gasteiger partial charge in [-0.2, -0.15) is 0 Å². The first kappa shape index (κ1) is 48.4. The lowest BCUT2D eigenvalue weighted by Gasteiger charge is -2.36. The molecule has 5 aliphatic heterocycles. The molecule has 2 aromatic heterocycles. The van der Waals surface area contributed by atoms with E-state index in [0.29, 0.717) is 53.2 Å². The Labute approximate surface area is 412 Å². The Hall–Kier alpha value is -6.63. The summed E-state index contributed by atoms with van der Waals surface area (Å²) in [7, 11) is 0. The van der Waals surface area contributed by atoms with Gasteiger partial charge in [0.25, 0.3) is 11.8 Å². The predicted octanol–water partition coefficient (Wildman–Crippen LogP) is 7.94. The molecule has 70 heavy (non-hydrogen) atoms. The van der Waals surface area contributed by atoms with E-state index in [0.717, 1.165) is 61.4 Å². The molecule has 3 amide bonds. The molecular formula is C51H55BrF2N8O8. The van der Waals surface area contributed by atoms with Gasteiger partial charge in [0.05, 0.1) is 50.3 Å². The van der Waals surface area contributed by atoms with Crippen LogP contribution in [0.2, 0.25) is 0 Å². The Morgan fingerprint density at radius 2 is 1.19 bits per heavy atom. The lowest BCUT2D eigenvalue weighted by molar-refractivity contribution is -0.150. The van der Waals surface area contributed by atoms with E-state index >= 15 is 4.39 Å². The topological polar surface area (TPSA) is 162 Å². The minimum atomic E-state index is -1.04. The van der Waals surface area contributed by atoms with Crippen LogP contribution in [0, 0.1) is 11.6 Å². The fourth-order valence-electron chi connectivity index (χ4n) is 9.94. The van der Waals surface area contributed by atoms with Crippen molar-refractivity contribution in [3.63, 3.8) is 0 Å². The van der Waals surface area contributed by atoms with Crippen LogP contribution in [-0.2, 0) is 62.8 Å². The van der Waals surface area contributed by atoms with Gasteiger partial charge in [-0.25, -0.2) is 33.1 Å². The van der Waals surface area contributed by atoms with Gasteiger partial charge in [0, 0.05) is 83.1 Å². The molecule has 0 bridgehead atoms. The van der Waals surface area contributed by atoms with Crippen molar-refractivity contribution < 1.29 is 47.0 Å². The van der Waals surface area contributed by atoms with Gasteiger partial charge in [0.2, 0.25) is 0 Å². The van der Waals surface area contributed by atoms with E-state index in [9.17, 15) is 28.4 Å². The number of halogens is 3. The summed E-state index contributed by atoms with van der Waals surface area (Å²) >= 11 is 3.22. The lowest BCUT2D eigenvalue weighted by atomic mass is 9.99. The zero-order valence-corrected chi connectivity index (χ0v) is 41.4. The second-order valence-electron chi connectivity index (χ2n) is 18.8. The van der Waals surface area contributed by atoms with Crippen molar-refractivity contribution in [2.45, 2.75) is 104 Å². The number of ether oxygens (including phenoxy) is 3. The zero-order chi connectivity index (χ0) is 49.6. The number of carbonyl (C=O) groups is 5. The van der Waals surface area contributed by atoms with Gasteiger partial charge in [-0.3, -0.25) is 9.59 Å². The number of imidazole rings is 2. The number of amides is 3. The average Bonchev–Trinajstić information content (AvgIpc) is 4.19. The first-order valence-electron chi connectivity index (χ1n) is 23.7. The van der Waals surface area contributed by atoms with E-state index in [1.165, 1.54) is 21.9 Å². The van der Waals surface area contributed by atoms with E-state index in [-0.39, 0.29) is 49.1 Å². The van der Waals surface area contributed by atoms with Gasteiger partial charge in [0.1, 0.15) is 17.2 Å². The van der Waals surface area contributed by atoms with Crippen LogP contribution >= 0.6 is 15.9 Å². The summed E-state index contributed by atoms with van der Waals surface area (Å²) in [6, 6.07) is 11.8. The summed E-state index contributed by atoms with van der Waals surface area (Å²) in [5, 5.41) is 0. The Morgan fingerprint density at radius 1 is 0.686 bits per heavy atom. The molecule has 2 atom stereocenters. The monoisotopic (exact) mass is 1020 g/mol. The van der Waals surface area contributed by atoms with Crippen molar-refractivity contribution in [1.29, 1.82) is 0 Å². The van der Waals surface area contributed by atoms with Gasteiger partial charge in [-0.1, -0.05) is 28.1 Å². The Morgan fingerprint density at radius 3 is 1.69 bits per heavy atom. The molecule has 5 aromatic rings. The third-order valence-electron chi connectivity index (χ3n) is 13.2. The molecule has 0 saturated carbocycles. The van der Waals surface area contributed by atoms with E-state index in [1.54, 1.807) is 43.5 Å². The van der Waals surface area contributed by atoms with Crippen LogP contribution in [0.5, 0.6) is 0 Å². The number of fused-ring (bicyclic) bond motifs is 4. The highest BCUT2D eigenvalue weighted by molar-refractivity contribution is 9.10. The number of carbonyl (C=O) groups excluding carboxylic acids is 5. The summed E-state index contributed by atoms with van der Waals surface area (Å²) in [5.41, 5.74) is 5.76. The number of rotatable bonds is 10. The minimum absolute atomic E-state index is 0.0169. The highest BCUT2D eigenvalue weighted by Crippen LogP contribution is 2.39. The molecule has 1 fully saturated rings. The number of aryl methyl sites for hydroxylation is 2. The standard InChI is InChI=1S/C33H38FN5O5.C18H17BrFN3O3/c1-5-43-31(41)29(28-27-7-6-12-38(27)20-35-28)39-19-25-24(30(39)40)17-22(18-26(25)34)21-8-10-23(11-9-21)36-13-15-37(16-14-36)32(42)44-33(2,3)4;1-2-26-18(25)16(15-14-4-3-5-22(14)9-21-15)23-8-12-11(17(23)24)6-10(19)7-13(12)20/h8-11,17-18,20,29H,5-7,12-16,19H2,1-4H3;6-7,9,16H,2-5,8H2,1H3/t29-;16-/m11/s1. The molecule has 3 aromatic carbocycles. The summed E-state index contributed by atoms with van der Waals surface area (Å²) in [6.07, 6.45) is 6.54. The highest BCUT2D eigenvalue weighted by atomic mass is 79.9. The van der Waals surface area contributed by atoms with E-state index in [2.05, 4.69) is 30.8 Å². The molecule has 0 N–H and O–H groups in total.